The van der Waals surface area contributed by atoms with Crippen LogP contribution in [0.2, 0.25) is 0 Å². The zero-order valence-corrected chi connectivity index (χ0v) is 14.9. The number of pyridine rings is 1. The number of esters is 1. The number of benzene rings is 1. The van der Waals surface area contributed by atoms with Gasteiger partial charge in [0, 0.05) is 28.9 Å². The first-order valence-corrected chi connectivity index (χ1v) is 9.04. The molecule has 1 aromatic carbocycles. The summed E-state index contributed by atoms with van der Waals surface area (Å²) in [4.78, 5) is 20.6. The van der Waals surface area contributed by atoms with Crippen LogP contribution in [-0.2, 0) is 22.6 Å². The van der Waals surface area contributed by atoms with Gasteiger partial charge in [-0.15, -0.1) is 21.5 Å². The van der Waals surface area contributed by atoms with Crippen molar-refractivity contribution in [2.75, 3.05) is 0 Å². The van der Waals surface area contributed by atoms with Crippen LogP contribution < -0.4 is 0 Å². The molecule has 0 fully saturated rings. The molecule has 0 atom stereocenters. The highest BCUT2D eigenvalue weighted by Gasteiger charge is 2.13. The molecule has 0 spiro atoms. The Hall–Kier alpha value is -3.39. The van der Waals surface area contributed by atoms with E-state index in [0.717, 1.165) is 16.1 Å². The molecule has 7 nitrogen and oxygen atoms in total. The van der Waals surface area contributed by atoms with Gasteiger partial charge in [-0.2, -0.15) is 0 Å². The number of ether oxygens (including phenoxy) is 1. The van der Waals surface area contributed by atoms with E-state index in [1.54, 1.807) is 12.4 Å². The minimum atomic E-state index is -0.405. The van der Waals surface area contributed by atoms with Crippen LogP contribution in [0.1, 0.15) is 11.6 Å². The van der Waals surface area contributed by atoms with Gasteiger partial charge < -0.3 is 9.15 Å². The highest BCUT2D eigenvalue weighted by Crippen LogP contribution is 2.23. The molecule has 3 aromatic heterocycles. The summed E-state index contributed by atoms with van der Waals surface area (Å²) in [5.41, 5.74) is 2.38. The van der Waals surface area contributed by atoms with Crippen LogP contribution in [0.25, 0.3) is 22.0 Å². The summed E-state index contributed by atoms with van der Waals surface area (Å²) in [5.74, 6) is 0.233. The van der Waals surface area contributed by atoms with Crippen LogP contribution in [0.15, 0.2) is 64.7 Å². The van der Waals surface area contributed by atoms with Crippen molar-refractivity contribution in [1.29, 1.82) is 0 Å². The summed E-state index contributed by atoms with van der Waals surface area (Å²) in [6.07, 6.45) is 3.52. The number of hydrogen-bond acceptors (Lipinski definition) is 8. The second-order valence-corrected chi connectivity index (χ2v) is 6.45. The third-order valence-electron chi connectivity index (χ3n) is 3.63. The lowest BCUT2D eigenvalue weighted by molar-refractivity contribution is -0.144. The normalized spacial score (nSPS) is 10.7. The van der Waals surface area contributed by atoms with E-state index in [1.807, 2.05) is 47.8 Å². The summed E-state index contributed by atoms with van der Waals surface area (Å²) in [7, 11) is 0. The van der Waals surface area contributed by atoms with Crippen LogP contribution in [-0.4, -0.2) is 26.1 Å². The summed E-state index contributed by atoms with van der Waals surface area (Å²) in [5, 5.41) is 10.5. The second-order valence-electron chi connectivity index (χ2n) is 5.59. The summed E-state index contributed by atoms with van der Waals surface area (Å²) >= 11 is 1.46. The fraction of sp³-hybridized carbons (Fsp3) is 0.105. The maximum Gasteiger partial charge on any atom is 0.312 e. The Bertz CT molecular complexity index is 1030. The Kier molecular flexibility index (Phi) is 4.97. The molecule has 0 bridgehead atoms. The number of thiazole rings is 1. The van der Waals surface area contributed by atoms with Crippen molar-refractivity contribution in [3.8, 4) is 22.0 Å². The van der Waals surface area contributed by atoms with Gasteiger partial charge in [-0.3, -0.25) is 9.78 Å². The average Bonchev–Trinajstić information content (AvgIpc) is 3.37. The Morgan fingerprint density at radius 3 is 2.74 bits per heavy atom. The number of rotatable bonds is 6. The molecule has 8 heteroatoms. The Morgan fingerprint density at radius 2 is 1.93 bits per heavy atom. The zero-order valence-electron chi connectivity index (χ0n) is 14.1. The first kappa shape index (κ1) is 17.0. The number of carbonyl (C=O) groups excluding carboxylic acids is 1. The van der Waals surface area contributed by atoms with Crippen molar-refractivity contribution < 1.29 is 13.9 Å². The van der Waals surface area contributed by atoms with E-state index in [1.165, 1.54) is 11.3 Å². The monoisotopic (exact) mass is 378 g/mol. The molecule has 0 amide bonds. The first-order chi connectivity index (χ1) is 13.3. The van der Waals surface area contributed by atoms with Crippen LogP contribution in [0, 0.1) is 0 Å². The molecule has 0 aliphatic rings. The van der Waals surface area contributed by atoms with Gasteiger partial charge in [-0.1, -0.05) is 18.2 Å². The Morgan fingerprint density at radius 1 is 1.07 bits per heavy atom. The second kappa shape index (κ2) is 7.88. The molecular formula is C19H14N4O3S. The molecular weight excluding hydrogens is 364 g/mol. The predicted octanol–water partition coefficient (Wildman–Crippen LogP) is 3.54. The van der Waals surface area contributed by atoms with E-state index < -0.39 is 5.97 Å². The van der Waals surface area contributed by atoms with Crippen molar-refractivity contribution >= 4 is 17.3 Å². The molecule has 0 saturated heterocycles. The highest BCUT2D eigenvalue weighted by atomic mass is 32.1. The quantitative estimate of drug-likeness (QED) is 0.474. The predicted molar refractivity (Wildman–Crippen MR) is 98.6 cm³/mol. The van der Waals surface area contributed by atoms with Gasteiger partial charge in [0.15, 0.2) is 6.61 Å². The highest BCUT2D eigenvalue weighted by molar-refractivity contribution is 7.13. The van der Waals surface area contributed by atoms with Gasteiger partial charge >= 0.3 is 5.97 Å². The molecule has 3 heterocycles. The topological polar surface area (TPSA) is 91.0 Å². The van der Waals surface area contributed by atoms with Crippen LogP contribution >= 0.6 is 11.3 Å². The lowest BCUT2D eigenvalue weighted by Crippen LogP contribution is -2.08. The summed E-state index contributed by atoms with van der Waals surface area (Å²) < 4.78 is 10.7. The Balaban J connectivity index is 1.33. The van der Waals surface area contributed by atoms with E-state index >= 15 is 0 Å². The summed E-state index contributed by atoms with van der Waals surface area (Å²) in [6, 6.07) is 13.2. The molecule has 0 N–H and O–H groups in total. The molecule has 0 aliphatic heterocycles. The van der Waals surface area contributed by atoms with E-state index in [0.29, 0.717) is 11.6 Å². The lowest BCUT2D eigenvalue weighted by Gasteiger charge is -2.00. The smallest absolute Gasteiger partial charge is 0.312 e. The fourth-order valence-corrected chi connectivity index (χ4v) is 3.17. The SMILES string of the molecule is O=C(Cc1csc(-c2cccnc2)n1)OCc1nnc(-c2ccccc2)o1. The van der Waals surface area contributed by atoms with Crippen molar-refractivity contribution in [2.45, 2.75) is 13.0 Å². The standard InChI is InChI=1S/C19H14N4O3S/c24-17(9-15-12-27-19(21-15)14-7-4-8-20-10-14)25-11-16-22-23-18(26-16)13-5-2-1-3-6-13/h1-8,10,12H,9,11H2. The van der Waals surface area contributed by atoms with E-state index in [4.69, 9.17) is 9.15 Å². The maximum atomic E-state index is 12.0. The molecule has 27 heavy (non-hydrogen) atoms. The van der Waals surface area contributed by atoms with Crippen LogP contribution in [0.5, 0.6) is 0 Å². The zero-order chi connectivity index (χ0) is 18.5. The van der Waals surface area contributed by atoms with Gasteiger partial charge in [0.25, 0.3) is 5.89 Å². The molecule has 4 rings (SSSR count). The van der Waals surface area contributed by atoms with Gasteiger partial charge in [-0.05, 0) is 24.3 Å². The van der Waals surface area contributed by atoms with E-state index in [-0.39, 0.29) is 18.9 Å². The van der Waals surface area contributed by atoms with Gasteiger partial charge in [0.1, 0.15) is 5.01 Å². The van der Waals surface area contributed by atoms with Crippen molar-refractivity contribution in [3.63, 3.8) is 0 Å². The number of hydrogen-bond donors (Lipinski definition) is 0. The molecule has 4 aromatic rings. The average molecular weight is 378 g/mol. The molecule has 134 valence electrons. The van der Waals surface area contributed by atoms with Crippen molar-refractivity contribution in [2.24, 2.45) is 0 Å². The minimum Gasteiger partial charge on any atom is -0.455 e. The third kappa shape index (κ3) is 4.24. The number of nitrogens with zero attached hydrogens (tertiary/aromatic N) is 4. The van der Waals surface area contributed by atoms with Gasteiger partial charge in [-0.25, -0.2) is 4.98 Å². The first-order valence-electron chi connectivity index (χ1n) is 8.16. The minimum absolute atomic E-state index is 0.0712. The van der Waals surface area contributed by atoms with Gasteiger partial charge in [0.2, 0.25) is 5.89 Å². The Labute approximate surface area is 158 Å². The van der Waals surface area contributed by atoms with Gasteiger partial charge in [0.05, 0.1) is 12.1 Å². The van der Waals surface area contributed by atoms with Crippen molar-refractivity contribution in [1.82, 2.24) is 20.2 Å². The van der Waals surface area contributed by atoms with Crippen LogP contribution in [0.4, 0.5) is 0 Å². The molecule has 0 unspecified atom stereocenters. The van der Waals surface area contributed by atoms with Crippen LogP contribution in [0.3, 0.4) is 0 Å². The maximum absolute atomic E-state index is 12.0. The molecule has 0 saturated carbocycles. The van der Waals surface area contributed by atoms with E-state index in [2.05, 4.69) is 20.2 Å². The van der Waals surface area contributed by atoms with Crippen molar-refractivity contribution in [3.05, 3.63) is 71.8 Å². The molecule has 0 radical (unpaired) electrons. The number of aromatic nitrogens is 4. The third-order valence-corrected chi connectivity index (χ3v) is 4.57. The fourth-order valence-electron chi connectivity index (χ4n) is 2.36. The lowest BCUT2D eigenvalue weighted by atomic mass is 10.2. The molecule has 0 aliphatic carbocycles. The largest absolute Gasteiger partial charge is 0.455 e. The van der Waals surface area contributed by atoms with E-state index in [9.17, 15) is 4.79 Å². The summed E-state index contributed by atoms with van der Waals surface area (Å²) in [6.45, 7) is -0.0712. The number of carbonyl (C=O) groups is 1.